The van der Waals surface area contributed by atoms with Crippen LogP contribution in [-0.4, -0.2) is 21.1 Å². The minimum atomic E-state index is -0.405. The van der Waals surface area contributed by atoms with Crippen LogP contribution < -0.4 is 0 Å². The van der Waals surface area contributed by atoms with E-state index in [1.165, 1.54) is 6.07 Å². The topological polar surface area (TPSA) is 63.7 Å². The smallest absolute Gasteiger partial charge is 0.151 e. The molecule has 144 valence electrons. The lowest BCUT2D eigenvalue weighted by atomic mass is 9.98. The largest absolute Gasteiger partial charge is 0.361 e. The monoisotopic (exact) mass is 378 g/mol. The van der Waals surface area contributed by atoms with Crippen LogP contribution in [0.3, 0.4) is 0 Å². The summed E-state index contributed by atoms with van der Waals surface area (Å²) in [5, 5.41) is 10.4. The van der Waals surface area contributed by atoms with Gasteiger partial charge >= 0.3 is 0 Å². The summed E-state index contributed by atoms with van der Waals surface area (Å²) in [6.45, 7) is 10.6. The molecule has 2 aromatic heterocycles. The number of rotatable bonds is 7. The summed E-state index contributed by atoms with van der Waals surface area (Å²) in [7, 11) is 0. The normalized spacial score (nSPS) is 11.0. The van der Waals surface area contributed by atoms with Crippen LogP contribution in [-0.2, 0) is 17.9 Å². The molecular weight excluding hydrogens is 355 g/mol. The Labute approximate surface area is 164 Å². The third kappa shape index (κ3) is 3.54. The lowest BCUT2D eigenvalue weighted by Gasteiger charge is -2.12. The van der Waals surface area contributed by atoms with Crippen LogP contribution in [0.4, 0.5) is 4.39 Å². The SMILES string of the molecule is C=Cc1nccc(Cc2c(F)cc(C#N)c3c2c(C)c(C)n3COCCC)n1. The number of aromatic nitrogens is 3. The Morgan fingerprint density at radius 2 is 2.18 bits per heavy atom. The average Bonchev–Trinajstić information content (AvgIpc) is 2.95. The highest BCUT2D eigenvalue weighted by Crippen LogP contribution is 2.34. The number of nitrogens with zero attached hydrogens (tertiary/aromatic N) is 4. The predicted molar refractivity (Wildman–Crippen MR) is 107 cm³/mol. The number of halogens is 1. The fourth-order valence-corrected chi connectivity index (χ4v) is 3.43. The molecule has 0 unspecified atom stereocenters. The van der Waals surface area contributed by atoms with Crippen LogP contribution in [0.1, 0.15) is 47.2 Å². The van der Waals surface area contributed by atoms with Gasteiger partial charge in [0.2, 0.25) is 0 Å². The maximum Gasteiger partial charge on any atom is 0.151 e. The molecule has 2 heterocycles. The van der Waals surface area contributed by atoms with Gasteiger partial charge in [0.25, 0.3) is 0 Å². The van der Waals surface area contributed by atoms with E-state index >= 15 is 4.39 Å². The molecule has 6 heteroatoms. The maximum atomic E-state index is 15.0. The van der Waals surface area contributed by atoms with Crippen molar-refractivity contribution in [1.82, 2.24) is 14.5 Å². The van der Waals surface area contributed by atoms with Gasteiger partial charge in [0.05, 0.1) is 11.1 Å². The number of aryl methyl sites for hydroxylation is 1. The van der Waals surface area contributed by atoms with Crippen molar-refractivity contribution in [1.29, 1.82) is 5.26 Å². The van der Waals surface area contributed by atoms with E-state index in [1.807, 2.05) is 25.3 Å². The van der Waals surface area contributed by atoms with Gasteiger partial charge in [-0.1, -0.05) is 13.5 Å². The summed E-state index contributed by atoms with van der Waals surface area (Å²) in [4.78, 5) is 8.51. The first-order valence-electron chi connectivity index (χ1n) is 9.24. The fraction of sp³-hybridized carbons (Fsp3) is 0.318. The van der Waals surface area contributed by atoms with E-state index in [1.54, 1.807) is 18.3 Å². The number of hydrogen-bond donors (Lipinski definition) is 0. The lowest BCUT2D eigenvalue weighted by molar-refractivity contribution is 0.0791. The standard InChI is InChI=1S/C22H23FN4O/c1-5-9-28-13-27-15(4)14(3)21-18(19(23)10-16(12-24)22(21)27)11-17-7-8-25-20(6-2)26-17/h6-8,10H,2,5,9,11,13H2,1,3-4H3. The Bertz CT molecular complexity index is 1080. The van der Waals surface area contributed by atoms with Crippen molar-refractivity contribution < 1.29 is 9.13 Å². The first-order chi connectivity index (χ1) is 13.5. The third-order valence-corrected chi connectivity index (χ3v) is 4.91. The van der Waals surface area contributed by atoms with Crippen LogP contribution in [0.15, 0.2) is 24.9 Å². The number of ether oxygens (including phenoxy) is 1. The van der Waals surface area contributed by atoms with Gasteiger partial charge in [-0.2, -0.15) is 5.26 Å². The molecule has 5 nitrogen and oxygen atoms in total. The Hall–Kier alpha value is -3.04. The van der Waals surface area contributed by atoms with Gasteiger partial charge in [0.15, 0.2) is 5.82 Å². The highest BCUT2D eigenvalue weighted by atomic mass is 19.1. The van der Waals surface area contributed by atoms with Gasteiger partial charge in [0, 0.05) is 41.6 Å². The van der Waals surface area contributed by atoms with E-state index in [2.05, 4.69) is 22.6 Å². The Morgan fingerprint density at radius 3 is 2.86 bits per heavy atom. The van der Waals surface area contributed by atoms with Crippen LogP contribution in [0.25, 0.3) is 17.0 Å². The predicted octanol–water partition coefficient (Wildman–Crippen LogP) is 4.68. The third-order valence-electron chi connectivity index (χ3n) is 4.91. The average molecular weight is 378 g/mol. The Morgan fingerprint density at radius 1 is 1.39 bits per heavy atom. The molecule has 0 spiro atoms. The van der Waals surface area contributed by atoms with E-state index in [0.29, 0.717) is 47.9 Å². The zero-order valence-corrected chi connectivity index (χ0v) is 16.4. The Kier molecular flexibility index (Phi) is 5.86. The van der Waals surface area contributed by atoms with E-state index in [0.717, 1.165) is 23.1 Å². The van der Waals surface area contributed by atoms with E-state index in [9.17, 15) is 5.26 Å². The second-order valence-electron chi connectivity index (χ2n) is 6.68. The van der Waals surface area contributed by atoms with Gasteiger partial charge in [-0.05, 0) is 44.0 Å². The number of fused-ring (bicyclic) bond motifs is 1. The molecule has 0 saturated heterocycles. The van der Waals surface area contributed by atoms with Crippen molar-refractivity contribution in [2.24, 2.45) is 0 Å². The fourth-order valence-electron chi connectivity index (χ4n) is 3.43. The van der Waals surface area contributed by atoms with Gasteiger partial charge in [-0.3, -0.25) is 0 Å². The van der Waals surface area contributed by atoms with Gasteiger partial charge < -0.3 is 9.30 Å². The van der Waals surface area contributed by atoms with Crippen molar-refractivity contribution in [3.63, 3.8) is 0 Å². The molecule has 3 rings (SSSR count). The highest BCUT2D eigenvalue weighted by molar-refractivity contribution is 5.93. The number of benzene rings is 1. The molecule has 0 N–H and O–H groups in total. The minimum Gasteiger partial charge on any atom is -0.361 e. The summed E-state index contributed by atoms with van der Waals surface area (Å²) >= 11 is 0. The molecule has 0 bridgehead atoms. The van der Waals surface area contributed by atoms with Gasteiger partial charge in [0.1, 0.15) is 18.6 Å². The molecule has 0 radical (unpaired) electrons. The van der Waals surface area contributed by atoms with E-state index in [-0.39, 0.29) is 0 Å². The van der Waals surface area contributed by atoms with Crippen molar-refractivity contribution in [3.8, 4) is 6.07 Å². The minimum absolute atomic E-state index is 0.303. The molecule has 0 aliphatic rings. The zero-order chi connectivity index (χ0) is 20.3. The second kappa shape index (κ2) is 8.32. The molecule has 3 aromatic rings. The number of hydrogen-bond acceptors (Lipinski definition) is 4. The molecule has 28 heavy (non-hydrogen) atoms. The van der Waals surface area contributed by atoms with Gasteiger partial charge in [-0.25, -0.2) is 14.4 Å². The quantitative estimate of drug-likeness (QED) is 0.560. The van der Waals surface area contributed by atoms with Crippen LogP contribution in [0, 0.1) is 31.0 Å². The summed E-state index contributed by atoms with van der Waals surface area (Å²) < 4.78 is 22.7. The van der Waals surface area contributed by atoms with Crippen LogP contribution in [0.5, 0.6) is 0 Å². The van der Waals surface area contributed by atoms with E-state index in [4.69, 9.17) is 4.74 Å². The Balaban J connectivity index is 2.20. The molecule has 1 aromatic carbocycles. The molecular formula is C22H23FN4O. The lowest BCUT2D eigenvalue weighted by Crippen LogP contribution is -2.06. The van der Waals surface area contributed by atoms with Crippen molar-refractivity contribution >= 4 is 17.0 Å². The van der Waals surface area contributed by atoms with E-state index < -0.39 is 5.82 Å². The van der Waals surface area contributed by atoms with Crippen LogP contribution >= 0.6 is 0 Å². The first-order valence-corrected chi connectivity index (χ1v) is 9.24. The maximum absolute atomic E-state index is 15.0. The molecule has 0 saturated carbocycles. The summed E-state index contributed by atoms with van der Waals surface area (Å²) in [5.41, 5.74) is 4.15. The first kappa shape index (κ1) is 19.7. The molecule has 0 fully saturated rings. The highest BCUT2D eigenvalue weighted by Gasteiger charge is 2.21. The zero-order valence-electron chi connectivity index (χ0n) is 16.4. The molecule has 0 aliphatic heterocycles. The van der Waals surface area contributed by atoms with Crippen LogP contribution in [0.2, 0.25) is 0 Å². The molecule has 0 aliphatic carbocycles. The second-order valence-corrected chi connectivity index (χ2v) is 6.68. The van der Waals surface area contributed by atoms with Crippen molar-refractivity contribution in [3.05, 3.63) is 64.6 Å². The van der Waals surface area contributed by atoms with Gasteiger partial charge in [-0.15, -0.1) is 0 Å². The summed E-state index contributed by atoms with van der Waals surface area (Å²) in [6.07, 6.45) is 4.41. The number of nitriles is 1. The van der Waals surface area contributed by atoms with Crippen molar-refractivity contribution in [2.45, 2.75) is 40.3 Å². The summed E-state index contributed by atoms with van der Waals surface area (Å²) in [6, 6.07) is 5.21. The van der Waals surface area contributed by atoms with Crippen molar-refractivity contribution in [2.75, 3.05) is 6.61 Å². The molecule has 0 amide bonds. The molecule has 0 atom stereocenters. The summed E-state index contributed by atoms with van der Waals surface area (Å²) in [5.74, 6) is 0.0961.